The van der Waals surface area contributed by atoms with E-state index in [0.717, 1.165) is 42.5 Å². The molecule has 1 aromatic carbocycles. The van der Waals surface area contributed by atoms with Gasteiger partial charge in [-0.2, -0.15) is 0 Å². The first-order valence-electron chi connectivity index (χ1n) is 7.79. The lowest BCUT2D eigenvalue weighted by molar-refractivity contribution is 0.368. The number of ether oxygens (including phenoxy) is 3. The second-order valence-corrected chi connectivity index (χ2v) is 5.53. The average Bonchev–Trinajstić information content (AvgIpc) is 2.57. The van der Waals surface area contributed by atoms with Crippen LogP contribution >= 0.6 is 0 Å². The summed E-state index contributed by atoms with van der Waals surface area (Å²) in [5.74, 6) is 3.59. The number of aliphatic imine (C=N–C) groups is 1. The van der Waals surface area contributed by atoms with Crippen molar-refractivity contribution >= 4 is 5.96 Å². The maximum absolute atomic E-state index is 5.46. The zero-order chi connectivity index (χ0) is 17.2. The molecule has 1 aromatic rings. The fourth-order valence-corrected chi connectivity index (χ4v) is 2.15. The molecule has 6 nitrogen and oxygen atoms in total. The van der Waals surface area contributed by atoms with Crippen molar-refractivity contribution in [3.8, 4) is 17.2 Å². The summed E-state index contributed by atoms with van der Waals surface area (Å²) in [4.78, 5) is 4.22. The quantitative estimate of drug-likeness (QED) is 0.566. The first kappa shape index (κ1) is 18.9. The Morgan fingerprint density at radius 3 is 2.09 bits per heavy atom. The van der Waals surface area contributed by atoms with Crippen LogP contribution in [0.5, 0.6) is 17.2 Å². The second kappa shape index (κ2) is 9.82. The summed E-state index contributed by atoms with van der Waals surface area (Å²) in [6.45, 7) is 5.92. The molecule has 2 N–H and O–H groups in total. The zero-order valence-electron chi connectivity index (χ0n) is 15.0. The predicted octanol–water partition coefficient (Wildman–Crippen LogP) is 2.08. The zero-order valence-corrected chi connectivity index (χ0v) is 15.0. The molecule has 23 heavy (non-hydrogen) atoms. The van der Waals surface area contributed by atoms with Gasteiger partial charge in [0.1, 0.15) is 17.2 Å². The van der Waals surface area contributed by atoms with E-state index in [1.165, 1.54) is 0 Å². The van der Waals surface area contributed by atoms with Crippen molar-refractivity contribution in [2.24, 2.45) is 10.9 Å². The van der Waals surface area contributed by atoms with E-state index in [1.807, 2.05) is 12.1 Å². The standard InChI is InChI=1S/C17H29N3O3/c1-12(2)11-20-17(18-3)19-8-7-14-15(22-5)9-13(21-4)10-16(14)23-6/h9-10,12H,7-8,11H2,1-6H3,(H2,18,19,20). The molecule has 1 rings (SSSR count). The highest BCUT2D eigenvalue weighted by atomic mass is 16.5. The highest BCUT2D eigenvalue weighted by Gasteiger charge is 2.13. The number of guanidine groups is 1. The number of nitrogens with zero attached hydrogens (tertiary/aromatic N) is 1. The van der Waals surface area contributed by atoms with Gasteiger partial charge in [-0.1, -0.05) is 13.8 Å². The van der Waals surface area contributed by atoms with Gasteiger partial charge in [0.2, 0.25) is 0 Å². The van der Waals surface area contributed by atoms with Crippen molar-refractivity contribution in [3.63, 3.8) is 0 Å². The van der Waals surface area contributed by atoms with E-state index in [9.17, 15) is 0 Å². The topological polar surface area (TPSA) is 64.1 Å². The van der Waals surface area contributed by atoms with Gasteiger partial charge in [0, 0.05) is 37.8 Å². The molecule has 0 amide bonds. The largest absolute Gasteiger partial charge is 0.496 e. The van der Waals surface area contributed by atoms with Gasteiger partial charge in [-0.25, -0.2) is 0 Å². The summed E-state index contributed by atoms with van der Waals surface area (Å²) in [5.41, 5.74) is 1.00. The monoisotopic (exact) mass is 323 g/mol. The maximum Gasteiger partial charge on any atom is 0.190 e. The van der Waals surface area contributed by atoms with Crippen LogP contribution in [-0.4, -0.2) is 47.4 Å². The van der Waals surface area contributed by atoms with E-state index in [4.69, 9.17) is 14.2 Å². The van der Waals surface area contributed by atoms with Crippen LogP contribution in [0.3, 0.4) is 0 Å². The van der Waals surface area contributed by atoms with Gasteiger partial charge in [-0.15, -0.1) is 0 Å². The Labute approximate surface area is 139 Å². The maximum atomic E-state index is 5.46. The molecule has 0 unspecified atom stereocenters. The molecule has 0 spiro atoms. The molecule has 0 saturated carbocycles. The van der Waals surface area contributed by atoms with Crippen molar-refractivity contribution in [1.82, 2.24) is 10.6 Å². The second-order valence-electron chi connectivity index (χ2n) is 5.53. The molecule has 0 atom stereocenters. The Bertz CT molecular complexity index is 491. The van der Waals surface area contributed by atoms with Crippen LogP contribution in [0, 0.1) is 5.92 Å². The van der Waals surface area contributed by atoms with Gasteiger partial charge in [0.25, 0.3) is 0 Å². The highest BCUT2D eigenvalue weighted by molar-refractivity contribution is 5.79. The Balaban J connectivity index is 2.73. The van der Waals surface area contributed by atoms with Crippen LogP contribution in [0.25, 0.3) is 0 Å². The summed E-state index contributed by atoms with van der Waals surface area (Å²) < 4.78 is 16.2. The van der Waals surface area contributed by atoms with E-state index in [2.05, 4.69) is 29.5 Å². The van der Waals surface area contributed by atoms with Crippen LogP contribution in [0.2, 0.25) is 0 Å². The summed E-state index contributed by atoms with van der Waals surface area (Å²) in [6, 6.07) is 3.73. The summed E-state index contributed by atoms with van der Waals surface area (Å²) in [7, 11) is 6.69. The number of nitrogens with one attached hydrogen (secondary N) is 2. The molecule has 0 aromatic heterocycles. The van der Waals surface area contributed by atoms with Gasteiger partial charge >= 0.3 is 0 Å². The Kier molecular flexibility index (Phi) is 8.08. The lowest BCUT2D eigenvalue weighted by Crippen LogP contribution is -2.39. The fraction of sp³-hybridized carbons (Fsp3) is 0.588. The van der Waals surface area contributed by atoms with E-state index in [0.29, 0.717) is 11.7 Å². The number of hydrogen-bond donors (Lipinski definition) is 2. The minimum absolute atomic E-state index is 0.565. The van der Waals surface area contributed by atoms with E-state index in [1.54, 1.807) is 28.4 Å². The molecule has 0 fully saturated rings. The third kappa shape index (κ3) is 5.88. The van der Waals surface area contributed by atoms with Crippen molar-refractivity contribution in [1.29, 1.82) is 0 Å². The number of hydrogen-bond acceptors (Lipinski definition) is 4. The minimum Gasteiger partial charge on any atom is -0.496 e. The SMILES string of the molecule is CN=C(NCCc1c(OC)cc(OC)cc1OC)NCC(C)C. The molecule has 0 aliphatic rings. The number of benzene rings is 1. The van der Waals surface area contributed by atoms with E-state index < -0.39 is 0 Å². The van der Waals surface area contributed by atoms with Crippen LogP contribution in [0.1, 0.15) is 19.4 Å². The van der Waals surface area contributed by atoms with Crippen LogP contribution in [0.4, 0.5) is 0 Å². The molecule has 0 aliphatic carbocycles. The van der Waals surface area contributed by atoms with Crippen molar-refractivity contribution in [3.05, 3.63) is 17.7 Å². The van der Waals surface area contributed by atoms with Gasteiger partial charge < -0.3 is 24.8 Å². The van der Waals surface area contributed by atoms with Crippen LogP contribution in [-0.2, 0) is 6.42 Å². The third-order valence-corrected chi connectivity index (χ3v) is 3.39. The molecule has 0 saturated heterocycles. The number of rotatable bonds is 8. The summed E-state index contributed by atoms with van der Waals surface area (Å²) in [6.07, 6.45) is 0.749. The van der Waals surface area contributed by atoms with Gasteiger partial charge in [-0.3, -0.25) is 4.99 Å². The predicted molar refractivity (Wildman–Crippen MR) is 94.0 cm³/mol. The Hall–Kier alpha value is -2.11. The van der Waals surface area contributed by atoms with Crippen molar-refractivity contribution in [2.45, 2.75) is 20.3 Å². The summed E-state index contributed by atoms with van der Waals surface area (Å²) in [5, 5.41) is 6.59. The first-order valence-corrected chi connectivity index (χ1v) is 7.79. The normalized spacial score (nSPS) is 11.3. The molecular formula is C17H29N3O3. The molecule has 0 radical (unpaired) electrons. The lowest BCUT2D eigenvalue weighted by Gasteiger charge is -2.17. The van der Waals surface area contributed by atoms with Crippen LogP contribution in [0.15, 0.2) is 17.1 Å². The third-order valence-electron chi connectivity index (χ3n) is 3.39. The van der Waals surface area contributed by atoms with Gasteiger partial charge in [0.05, 0.1) is 21.3 Å². The smallest absolute Gasteiger partial charge is 0.190 e. The number of methoxy groups -OCH3 is 3. The van der Waals surface area contributed by atoms with E-state index in [-0.39, 0.29) is 0 Å². The van der Waals surface area contributed by atoms with Crippen molar-refractivity contribution in [2.75, 3.05) is 41.5 Å². The fourth-order valence-electron chi connectivity index (χ4n) is 2.15. The van der Waals surface area contributed by atoms with Gasteiger partial charge in [0.15, 0.2) is 5.96 Å². The van der Waals surface area contributed by atoms with Gasteiger partial charge in [-0.05, 0) is 12.3 Å². The Morgan fingerprint density at radius 1 is 1.04 bits per heavy atom. The molecular weight excluding hydrogens is 294 g/mol. The molecule has 130 valence electrons. The molecule has 0 heterocycles. The minimum atomic E-state index is 0.565. The first-order chi connectivity index (χ1) is 11.0. The lowest BCUT2D eigenvalue weighted by atomic mass is 10.1. The molecule has 0 aliphatic heterocycles. The van der Waals surface area contributed by atoms with E-state index >= 15 is 0 Å². The summed E-state index contributed by atoms with van der Waals surface area (Å²) >= 11 is 0. The highest BCUT2D eigenvalue weighted by Crippen LogP contribution is 2.34. The molecule has 6 heteroatoms. The van der Waals surface area contributed by atoms with Crippen LogP contribution < -0.4 is 24.8 Å². The van der Waals surface area contributed by atoms with Crippen molar-refractivity contribution < 1.29 is 14.2 Å². The molecule has 0 bridgehead atoms. The average molecular weight is 323 g/mol. The Morgan fingerprint density at radius 2 is 1.65 bits per heavy atom.